The van der Waals surface area contributed by atoms with Gasteiger partial charge in [-0.25, -0.2) is 0 Å². The second-order valence-corrected chi connectivity index (χ2v) is 19.4. The summed E-state index contributed by atoms with van der Waals surface area (Å²) in [5.41, 5.74) is 0. The molecule has 61 heavy (non-hydrogen) atoms. The minimum Gasteiger partial charge on any atom is -0.394 e. The topological polar surface area (TPSA) is 69.6 Å². The molecule has 2 atom stereocenters. The van der Waals surface area contributed by atoms with Crippen molar-refractivity contribution in [3.63, 3.8) is 0 Å². The number of carbonyl (C=O) groups is 1. The van der Waals surface area contributed by atoms with Crippen molar-refractivity contribution in [2.75, 3.05) is 6.61 Å². The third-order valence-electron chi connectivity index (χ3n) is 13.2. The van der Waals surface area contributed by atoms with Crippen LogP contribution in [0.2, 0.25) is 0 Å². The van der Waals surface area contributed by atoms with E-state index in [1.807, 2.05) is 6.08 Å². The first-order valence-electron chi connectivity index (χ1n) is 28.1. The summed E-state index contributed by atoms with van der Waals surface area (Å²) in [4.78, 5) is 12.4. The van der Waals surface area contributed by atoms with Gasteiger partial charge >= 0.3 is 0 Å². The Kier molecular flexibility index (Phi) is 52.2. The zero-order valence-electron chi connectivity index (χ0n) is 41.7. The normalized spacial score (nSPS) is 12.9. The third kappa shape index (κ3) is 49.7. The van der Waals surface area contributed by atoms with Crippen molar-refractivity contribution < 1.29 is 15.0 Å². The lowest BCUT2D eigenvalue weighted by molar-refractivity contribution is -0.123. The van der Waals surface area contributed by atoms with E-state index < -0.39 is 12.1 Å². The van der Waals surface area contributed by atoms with Crippen LogP contribution in [0.15, 0.2) is 24.3 Å². The molecule has 0 aliphatic heterocycles. The van der Waals surface area contributed by atoms with E-state index in [9.17, 15) is 15.0 Å². The molecule has 0 heterocycles. The SMILES string of the molecule is CCCCCCCCCCCCCCCCCCCCCCCCCCC/C=C/CC/C=C/C(O)C(CO)NC(=O)CCCCCCCCCCCCCCCCCCCC. The maximum atomic E-state index is 12.4. The summed E-state index contributed by atoms with van der Waals surface area (Å²) in [6.07, 6.45) is 70.6. The monoisotopic (exact) mass is 858 g/mol. The number of unbranched alkanes of at least 4 members (excludes halogenated alkanes) is 43. The van der Waals surface area contributed by atoms with Crippen molar-refractivity contribution in [2.45, 2.75) is 328 Å². The van der Waals surface area contributed by atoms with Crippen molar-refractivity contribution >= 4 is 5.91 Å². The molecule has 4 nitrogen and oxygen atoms in total. The van der Waals surface area contributed by atoms with E-state index in [-0.39, 0.29) is 12.5 Å². The van der Waals surface area contributed by atoms with Gasteiger partial charge < -0.3 is 15.5 Å². The second kappa shape index (κ2) is 53.2. The molecule has 3 N–H and O–H groups in total. The fraction of sp³-hybridized carbons (Fsp3) is 0.912. The molecular formula is C57H111NO3. The Morgan fingerprint density at radius 2 is 0.639 bits per heavy atom. The van der Waals surface area contributed by atoms with Crippen LogP contribution >= 0.6 is 0 Å². The Labute approximate surface area is 383 Å². The maximum absolute atomic E-state index is 12.4. The van der Waals surface area contributed by atoms with E-state index in [1.54, 1.807) is 6.08 Å². The molecular weight excluding hydrogens is 747 g/mol. The molecule has 0 spiro atoms. The molecule has 0 aromatic carbocycles. The van der Waals surface area contributed by atoms with Crippen LogP contribution < -0.4 is 5.32 Å². The second-order valence-electron chi connectivity index (χ2n) is 19.4. The minimum atomic E-state index is -0.859. The molecule has 0 rings (SSSR count). The summed E-state index contributed by atoms with van der Waals surface area (Å²) < 4.78 is 0. The zero-order valence-corrected chi connectivity index (χ0v) is 41.7. The molecule has 0 aliphatic carbocycles. The Morgan fingerprint density at radius 1 is 0.377 bits per heavy atom. The average Bonchev–Trinajstić information content (AvgIpc) is 3.26. The maximum Gasteiger partial charge on any atom is 0.220 e. The Balaban J connectivity index is 3.48. The first-order valence-corrected chi connectivity index (χ1v) is 28.1. The van der Waals surface area contributed by atoms with Gasteiger partial charge in [0.1, 0.15) is 0 Å². The fourth-order valence-corrected chi connectivity index (χ4v) is 8.90. The van der Waals surface area contributed by atoms with Crippen molar-refractivity contribution in [2.24, 2.45) is 0 Å². The minimum absolute atomic E-state index is 0.0678. The Morgan fingerprint density at radius 3 is 0.951 bits per heavy atom. The Bertz CT molecular complexity index is 886. The number of rotatable bonds is 52. The number of allylic oxidation sites excluding steroid dienone is 3. The standard InChI is InChI=1S/C57H111NO3/c1-3-5-7-9-11-13-15-17-19-21-23-24-25-26-27-28-29-30-31-32-33-34-35-36-38-40-42-44-46-48-50-52-56(60)55(54-59)58-57(61)53-51-49-47-45-43-41-39-37-22-20-18-16-14-12-10-8-6-4-2/h42,44,50,52,55-56,59-60H,3-41,43,45-49,51,53-54H2,1-2H3,(H,58,61)/b44-42+,52-50+. The molecule has 0 saturated carbocycles. The van der Waals surface area contributed by atoms with Gasteiger partial charge in [-0.05, 0) is 32.1 Å². The molecule has 0 aliphatic rings. The molecule has 1 amide bonds. The van der Waals surface area contributed by atoms with Crippen LogP contribution in [0.3, 0.4) is 0 Å². The van der Waals surface area contributed by atoms with Gasteiger partial charge in [-0.3, -0.25) is 4.79 Å². The summed E-state index contributed by atoms with van der Waals surface area (Å²) in [5, 5.41) is 23.1. The quantitative estimate of drug-likeness (QED) is 0.0422. The van der Waals surface area contributed by atoms with Gasteiger partial charge in [0.2, 0.25) is 5.91 Å². The lowest BCUT2D eigenvalue weighted by Crippen LogP contribution is -2.45. The van der Waals surface area contributed by atoms with Gasteiger partial charge in [0, 0.05) is 6.42 Å². The third-order valence-corrected chi connectivity index (χ3v) is 13.2. The Hall–Kier alpha value is -1.13. The molecule has 0 radical (unpaired) electrons. The molecule has 362 valence electrons. The van der Waals surface area contributed by atoms with E-state index in [0.29, 0.717) is 6.42 Å². The van der Waals surface area contributed by atoms with E-state index in [2.05, 4.69) is 31.3 Å². The van der Waals surface area contributed by atoms with Gasteiger partial charge in [0.15, 0.2) is 0 Å². The summed E-state index contributed by atoms with van der Waals surface area (Å²) in [7, 11) is 0. The van der Waals surface area contributed by atoms with E-state index in [1.165, 1.54) is 263 Å². The van der Waals surface area contributed by atoms with E-state index >= 15 is 0 Å². The molecule has 0 bridgehead atoms. The highest BCUT2D eigenvalue weighted by Gasteiger charge is 2.18. The predicted octanol–water partition coefficient (Wildman–Crippen LogP) is 18.3. The van der Waals surface area contributed by atoms with Gasteiger partial charge in [0.25, 0.3) is 0 Å². The summed E-state index contributed by atoms with van der Waals surface area (Å²) in [5.74, 6) is -0.0678. The van der Waals surface area contributed by atoms with Crippen molar-refractivity contribution in [3.8, 4) is 0 Å². The number of nitrogens with one attached hydrogen (secondary N) is 1. The summed E-state index contributed by atoms with van der Waals surface area (Å²) >= 11 is 0. The number of hydrogen-bond donors (Lipinski definition) is 3. The van der Waals surface area contributed by atoms with Crippen molar-refractivity contribution in [1.29, 1.82) is 0 Å². The first kappa shape index (κ1) is 59.9. The number of aliphatic hydroxyl groups excluding tert-OH is 2. The first-order chi connectivity index (χ1) is 30.2. The zero-order chi connectivity index (χ0) is 44.2. The number of amides is 1. The van der Waals surface area contributed by atoms with Crippen LogP contribution in [0.4, 0.5) is 0 Å². The van der Waals surface area contributed by atoms with E-state index in [0.717, 1.165) is 32.1 Å². The molecule has 0 fully saturated rings. The largest absolute Gasteiger partial charge is 0.394 e. The van der Waals surface area contributed by atoms with Gasteiger partial charge in [-0.2, -0.15) is 0 Å². The van der Waals surface area contributed by atoms with Crippen LogP contribution in [0.25, 0.3) is 0 Å². The highest BCUT2D eigenvalue weighted by Crippen LogP contribution is 2.18. The lowest BCUT2D eigenvalue weighted by atomic mass is 10.0. The molecule has 0 saturated heterocycles. The van der Waals surface area contributed by atoms with Gasteiger partial charge in [-0.1, -0.05) is 301 Å². The van der Waals surface area contributed by atoms with Gasteiger partial charge in [0.05, 0.1) is 18.8 Å². The van der Waals surface area contributed by atoms with Crippen molar-refractivity contribution in [3.05, 3.63) is 24.3 Å². The van der Waals surface area contributed by atoms with Crippen molar-refractivity contribution in [1.82, 2.24) is 5.32 Å². The summed E-state index contributed by atoms with van der Waals surface area (Å²) in [6, 6.07) is -0.636. The van der Waals surface area contributed by atoms with Gasteiger partial charge in [-0.15, -0.1) is 0 Å². The fourth-order valence-electron chi connectivity index (χ4n) is 8.90. The number of aliphatic hydroxyl groups is 2. The van der Waals surface area contributed by atoms with Crippen LogP contribution in [-0.4, -0.2) is 34.9 Å². The molecule has 2 unspecified atom stereocenters. The number of hydrogen-bond acceptors (Lipinski definition) is 3. The number of carbonyl (C=O) groups excluding carboxylic acids is 1. The molecule has 0 aromatic rings. The molecule has 0 aromatic heterocycles. The van der Waals surface area contributed by atoms with Crippen LogP contribution in [0.5, 0.6) is 0 Å². The average molecular weight is 859 g/mol. The molecule has 4 heteroatoms. The van der Waals surface area contributed by atoms with E-state index in [4.69, 9.17) is 0 Å². The van der Waals surface area contributed by atoms with Crippen LogP contribution in [0.1, 0.15) is 316 Å². The highest BCUT2D eigenvalue weighted by molar-refractivity contribution is 5.76. The highest BCUT2D eigenvalue weighted by atomic mass is 16.3. The summed E-state index contributed by atoms with van der Waals surface area (Å²) in [6.45, 7) is 4.33. The smallest absolute Gasteiger partial charge is 0.220 e. The lowest BCUT2D eigenvalue weighted by Gasteiger charge is -2.19. The van der Waals surface area contributed by atoms with Crippen LogP contribution in [-0.2, 0) is 4.79 Å². The predicted molar refractivity (Wildman–Crippen MR) is 272 cm³/mol. The van der Waals surface area contributed by atoms with Crippen LogP contribution in [0, 0.1) is 0 Å².